The summed E-state index contributed by atoms with van der Waals surface area (Å²) in [6.07, 6.45) is 1.35. The van der Waals surface area contributed by atoms with Gasteiger partial charge < -0.3 is 26.2 Å². The third-order valence-corrected chi connectivity index (χ3v) is 6.72. The zero-order valence-electron chi connectivity index (χ0n) is 15.5. The number of fused-ring (bicyclic) bond motifs is 2. The lowest BCUT2D eigenvalue weighted by atomic mass is 10.0. The molecule has 4 aromatic rings. The maximum absolute atomic E-state index is 10.7. The Morgan fingerprint density at radius 3 is 2.76 bits per heavy atom. The number of hydrogen-bond donors (Lipinski definition) is 5. The standard InChI is InChI=1S/C21H21N5O2S/c22-21-18-16(24-10-25-21)13(8-23-18)17-20(28)19(27)14(26-17)9-29-15-7-3-5-11-4-1-2-6-12(11)15/h1-8,10,14,17,19-20,23,26-28H,9H2,(H2,22,24,25)/t14-,17+,19?,20-/m1/s1. The first kappa shape index (κ1) is 18.4. The summed E-state index contributed by atoms with van der Waals surface area (Å²) in [6.45, 7) is 0. The molecule has 0 radical (unpaired) electrons. The second-order valence-corrected chi connectivity index (χ2v) is 8.31. The van der Waals surface area contributed by atoms with Crippen molar-refractivity contribution < 1.29 is 10.2 Å². The van der Waals surface area contributed by atoms with E-state index in [1.165, 1.54) is 17.1 Å². The summed E-state index contributed by atoms with van der Waals surface area (Å²) in [5.74, 6) is 0.986. The third-order valence-electron chi connectivity index (χ3n) is 5.52. The number of anilines is 1. The highest BCUT2D eigenvalue weighted by atomic mass is 32.2. The summed E-state index contributed by atoms with van der Waals surface area (Å²) in [4.78, 5) is 12.5. The molecule has 8 heteroatoms. The summed E-state index contributed by atoms with van der Waals surface area (Å²) >= 11 is 1.67. The van der Waals surface area contributed by atoms with E-state index in [9.17, 15) is 10.2 Å². The van der Waals surface area contributed by atoms with Crippen LogP contribution in [0.2, 0.25) is 0 Å². The van der Waals surface area contributed by atoms with Crippen LogP contribution in [0.3, 0.4) is 0 Å². The number of nitrogen functional groups attached to an aromatic ring is 1. The maximum Gasteiger partial charge on any atom is 0.151 e. The SMILES string of the molecule is Nc1ncnc2c([C@@H]3N[C@H](CSc4cccc5ccccc45)C(O)[C@@H]3O)c[nH]c12. The second kappa shape index (κ2) is 7.31. The molecule has 29 heavy (non-hydrogen) atoms. The molecule has 0 aliphatic carbocycles. The van der Waals surface area contributed by atoms with Gasteiger partial charge in [0.1, 0.15) is 17.9 Å². The number of rotatable bonds is 4. The first-order valence-electron chi connectivity index (χ1n) is 9.43. The van der Waals surface area contributed by atoms with E-state index in [1.807, 2.05) is 18.2 Å². The monoisotopic (exact) mass is 407 g/mol. The predicted molar refractivity (Wildman–Crippen MR) is 115 cm³/mol. The van der Waals surface area contributed by atoms with Crippen molar-refractivity contribution in [2.24, 2.45) is 0 Å². The zero-order valence-corrected chi connectivity index (χ0v) is 16.3. The van der Waals surface area contributed by atoms with Gasteiger partial charge in [0, 0.05) is 28.5 Å². The Bertz CT molecular complexity index is 1170. The van der Waals surface area contributed by atoms with Crippen molar-refractivity contribution in [3.8, 4) is 0 Å². The van der Waals surface area contributed by atoms with Gasteiger partial charge >= 0.3 is 0 Å². The molecule has 5 rings (SSSR count). The molecule has 1 aliphatic heterocycles. The van der Waals surface area contributed by atoms with Gasteiger partial charge in [-0.1, -0.05) is 36.4 Å². The number of nitrogens with two attached hydrogens (primary N) is 1. The number of aliphatic hydroxyl groups is 2. The molecule has 3 heterocycles. The van der Waals surface area contributed by atoms with Gasteiger partial charge in [0.15, 0.2) is 5.82 Å². The topological polar surface area (TPSA) is 120 Å². The van der Waals surface area contributed by atoms with E-state index in [0.29, 0.717) is 22.6 Å². The Kier molecular flexibility index (Phi) is 4.63. The highest BCUT2D eigenvalue weighted by Gasteiger charge is 2.42. The Morgan fingerprint density at radius 2 is 1.86 bits per heavy atom. The van der Waals surface area contributed by atoms with Crippen LogP contribution in [0.1, 0.15) is 11.6 Å². The molecule has 0 bridgehead atoms. The molecule has 7 nitrogen and oxygen atoms in total. The second-order valence-electron chi connectivity index (χ2n) is 7.25. The van der Waals surface area contributed by atoms with Gasteiger partial charge in [0.25, 0.3) is 0 Å². The van der Waals surface area contributed by atoms with Gasteiger partial charge in [-0.2, -0.15) is 0 Å². The predicted octanol–water partition coefficient (Wildman–Crippen LogP) is 2.22. The van der Waals surface area contributed by atoms with Crippen molar-refractivity contribution >= 4 is 39.4 Å². The Labute approximate surface area is 171 Å². The number of nitrogens with one attached hydrogen (secondary N) is 2. The van der Waals surface area contributed by atoms with Crippen LogP contribution in [0.5, 0.6) is 0 Å². The molecule has 2 aromatic heterocycles. The molecular formula is C21H21N5O2S. The van der Waals surface area contributed by atoms with Crippen LogP contribution in [0, 0.1) is 0 Å². The summed E-state index contributed by atoms with van der Waals surface area (Å²) in [5, 5.41) is 27.1. The van der Waals surface area contributed by atoms with Crippen LogP contribution < -0.4 is 11.1 Å². The van der Waals surface area contributed by atoms with Crippen LogP contribution in [-0.2, 0) is 0 Å². The van der Waals surface area contributed by atoms with E-state index in [2.05, 4.69) is 44.5 Å². The van der Waals surface area contributed by atoms with Gasteiger partial charge in [0.2, 0.25) is 0 Å². The average Bonchev–Trinajstić information content (AvgIpc) is 3.29. The van der Waals surface area contributed by atoms with E-state index in [0.717, 1.165) is 10.5 Å². The van der Waals surface area contributed by atoms with Crippen molar-refractivity contribution in [3.63, 3.8) is 0 Å². The van der Waals surface area contributed by atoms with Gasteiger partial charge in [0.05, 0.1) is 17.7 Å². The minimum Gasteiger partial charge on any atom is -0.389 e. The van der Waals surface area contributed by atoms with E-state index < -0.39 is 18.2 Å². The van der Waals surface area contributed by atoms with Gasteiger partial charge in [-0.15, -0.1) is 11.8 Å². The Morgan fingerprint density at radius 1 is 1.03 bits per heavy atom. The summed E-state index contributed by atoms with van der Waals surface area (Å²) in [5.41, 5.74) is 7.97. The molecule has 6 N–H and O–H groups in total. The lowest BCUT2D eigenvalue weighted by Gasteiger charge is -2.16. The summed E-state index contributed by atoms with van der Waals surface area (Å²) in [6, 6.07) is 13.8. The van der Waals surface area contributed by atoms with Crippen molar-refractivity contribution in [1.29, 1.82) is 0 Å². The minimum atomic E-state index is -0.941. The van der Waals surface area contributed by atoms with Crippen molar-refractivity contribution in [3.05, 3.63) is 60.6 Å². The molecule has 148 valence electrons. The zero-order chi connectivity index (χ0) is 20.0. The average molecular weight is 407 g/mol. The first-order valence-corrected chi connectivity index (χ1v) is 10.4. The molecule has 0 amide bonds. The van der Waals surface area contributed by atoms with Gasteiger partial charge in [-0.3, -0.25) is 0 Å². The number of aliphatic hydroxyl groups excluding tert-OH is 2. The molecular weight excluding hydrogens is 386 g/mol. The van der Waals surface area contributed by atoms with E-state index >= 15 is 0 Å². The fourth-order valence-corrected chi connectivity index (χ4v) is 5.17. The van der Waals surface area contributed by atoms with Crippen LogP contribution in [-0.4, -0.2) is 49.2 Å². The molecule has 1 saturated heterocycles. The van der Waals surface area contributed by atoms with Gasteiger partial charge in [-0.25, -0.2) is 9.97 Å². The number of thioether (sulfide) groups is 1. The highest BCUT2D eigenvalue weighted by molar-refractivity contribution is 7.99. The fraction of sp³-hybridized carbons (Fsp3) is 0.238. The number of H-pyrrole nitrogens is 1. The van der Waals surface area contributed by atoms with Crippen molar-refractivity contribution in [1.82, 2.24) is 20.3 Å². The molecule has 1 aliphatic rings. The largest absolute Gasteiger partial charge is 0.389 e. The third kappa shape index (κ3) is 3.14. The lowest BCUT2D eigenvalue weighted by Crippen LogP contribution is -2.35. The van der Waals surface area contributed by atoms with Crippen LogP contribution in [0.15, 0.2) is 59.9 Å². The molecule has 4 atom stereocenters. The maximum atomic E-state index is 10.7. The quantitative estimate of drug-likeness (QED) is 0.329. The minimum absolute atomic E-state index is 0.261. The molecule has 1 unspecified atom stereocenters. The highest BCUT2D eigenvalue weighted by Crippen LogP contribution is 2.35. The van der Waals surface area contributed by atoms with Crippen LogP contribution in [0.25, 0.3) is 21.8 Å². The van der Waals surface area contributed by atoms with Gasteiger partial charge in [-0.05, 0) is 16.8 Å². The Hall–Kier alpha value is -2.65. The van der Waals surface area contributed by atoms with E-state index in [4.69, 9.17) is 5.73 Å². The van der Waals surface area contributed by atoms with Crippen LogP contribution in [0.4, 0.5) is 5.82 Å². The first-order chi connectivity index (χ1) is 14.1. The molecule has 2 aromatic carbocycles. The molecule has 1 fully saturated rings. The summed E-state index contributed by atoms with van der Waals surface area (Å²) in [7, 11) is 0. The van der Waals surface area contributed by atoms with Crippen LogP contribution >= 0.6 is 11.8 Å². The summed E-state index contributed by atoms with van der Waals surface area (Å²) < 4.78 is 0. The van der Waals surface area contributed by atoms with Crippen molar-refractivity contribution in [2.75, 3.05) is 11.5 Å². The number of hydrogen-bond acceptors (Lipinski definition) is 7. The number of aromatic amines is 1. The number of aromatic nitrogens is 3. The normalized spacial score (nSPS) is 24.5. The number of benzene rings is 2. The van der Waals surface area contributed by atoms with Crippen molar-refractivity contribution in [2.45, 2.75) is 29.2 Å². The molecule has 0 spiro atoms. The number of nitrogens with zero attached hydrogens (tertiary/aromatic N) is 2. The Balaban J connectivity index is 1.38. The van der Waals surface area contributed by atoms with E-state index in [1.54, 1.807) is 18.0 Å². The fourth-order valence-electron chi connectivity index (χ4n) is 4.00. The molecule has 0 saturated carbocycles. The lowest BCUT2D eigenvalue weighted by molar-refractivity contribution is 0.0308. The smallest absolute Gasteiger partial charge is 0.151 e. The van der Waals surface area contributed by atoms with E-state index in [-0.39, 0.29) is 6.04 Å².